The number of rotatable bonds is 2. The van der Waals surface area contributed by atoms with Crippen LogP contribution in [-0.4, -0.2) is 41.1 Å². The quantitative estimate of drug-likeness (QED) is 0.869. The van der Waals surface area contributed by atoms with Gasteiger partial charge in [-0.1, -0.05) is 0 Å². The number of thiophene rings is 1. The topological polar surface area (TPSA) is 57.6 Å². The third kappa shape index (κ3) is 2.44. The number of hydrogen-bond donors (Lipinski definition) is 1. The second-order valence-electron chi connectivity index (χ2n) is 4.49. The molecule has 1 aromatic rings. The van der Waals surface area contributed by atoms with Crippen molar-refractivity contribution >= 4 is 39.1 Å². The molecule has 0 aliphatic carbocycles. The Morgan fingerprint density at radius 1 is 1.45 bits per heavy atom. The molecule has 1 aliphatic rings. The molecule has 2 heterocycles. The summed E-state index contributed by atoms with van der Waals surface area (Å²) in [6, 6.07) is 1.50. The van der Waals surface area contributed by atoms with E-state index in [0.29, 0.717) is 4.47 Å². The molecule has 1 amide bonds. The van der Waals surface area contributed by atoms with E-state index in [1.807, 2.05) is 0 Å². The van der Waals surface area contributed by atoms with Gasteiger partial charge in [-0.05, 0) is 28.4 Å². The molecule has 1 aliphatic heterocycles. The van der Waals surface area contributed by atoms with Crippen LogP contribution in [0, 0.1) is 5.41 Å². The molecule has 0 aromatic carbocycles. The van der Waals surface area contributed by atoms with Gasteiger partial charge in [0, 0.05) is 22.9 Å². The predicted octanol–water partition coefficient (Wildman–Crippen LogP) is 2.99. The normalized spacial score (nSPS) is 23.1. The fourth-order valence-corrected chi connectivity index (χ4v) is 3.48. The van der Waals surface area contributed by atoms with Crippen molar-refractivity contribution in [2.45, 2.75) is 12.6 Å². The van der Waals surface area contributed by atoms with E-state index >= 15 is 0 Å². The second-order valence-corrected chi connectivity index (χ2v) is 6.32. The minimum absolute atomic E-state index is 0.222. The first kappa shape index (κ1) is 15.3. The molecule has 0 saturated carbocycles. The smallest absolute Gasteiger partial charge is 0.406 e. The highest BCUT2D eigenvalue weighted by Gasteiger charge is 2.64. The molecule has 0 bridgehead atoms. The number of carbonyl (C=O) groups is 2. The Morgan fingerprint density at radius 2 is 2.10 bits per heavy atom. The lowest BCUT2D eigenvalue weighted by Gasteiger charge is -2.27. The fraction of sp³-hybridized carbons (Fsp3) is 0.455. The molecule has 0 radical (unpaired) electrons. The van der Waals surface area contributed by atoms with Crippen molar-refractivity contribution in [1.29, 1.82) is 0 Å². The van der Waals surface area contributed by atoms with Crippen LogP contribution in [0.1, 0.15) is 16.1 Å². The van der Waals surface area contributed by atoms with Crippen LogP contribution >= 0.6 is 27.3 Å². The Morgan fingerprint density at radius 3 is 2.50 bits per heavy atom. The van der Waals surface area contributed by atoms with E-state index in [1.165, 1.54) is 6.07 Å². The largest absolute Gasteiger partial charge is 0.481 e. The zero-order chi connectivity index (χ0) is 15.1. The van der Waals surface area contributed by atoms with Gasteiger partial charge < -0.3 is 10.0 Å². The van der Waals surface area contributed by atoms with E-state index in [-0.39, 0.29) is 11.4 Å². The number of carbonyl (C=O) groups excluding carboxylic acids is 1. The number of halogens is 4. The standard InChI is InChI=1S/C11H9BrF3NO3S/c12-6-3-7(20-4-6)8(17)16-2-1-10(5-16,9(18)19)11(13,14)15/h3-4H,1-2,5H2,(H,18,19). The van der Waals surface area contributed by atoms with Gasteiger partial charge in [-0.3, -0.25) is 9.59 Å². The van der Waals surface area contributed by atoms with Crippen LogP contribution in [0.25, 0.3) is 0 Å². The lowest BCUT2D eigenvalue weighted by molar-refractivity contribution is -0.227. The van der Waals surface area contributed by atoms with Gasteiger partial charge in [-0.15, -0.1) is 11.3 Å². The highest BCUT2D eigenvalue weighted by Crippen LogP contribution is 2.46. The van der Waals surface area contributed by atoms with Crippen molar-refractivity contribution in [3.05, 3.63) is 20.8 Å². The van der Waals surface area contributed by atoms with Gasteiger partial charge in [-0.25, -0.2) is 0 Å². The van der Waals surface area contributed by atoms with Gasteiger partial charge in [0.15, 0.2) is 5.41 Å². The van der Waals surface area contributed by atoms with E-state index in [2.05, 4.69) is 15.9 Å². The molecule has 20 heavy (non-hydrogen) atoms. The van der Waals surface area contributed by atoms with Crippen molar-refractivity contribution in [1.82, 2.24) is 4.90 Å². The first-order valence-electron chi connectivity index (χ1n) is 5.51. The van der Waals surface area contributed by atoms with Crippen molar-refractivity contribution in [3.63, 3.8) is 0 Å². The maximum Gasteiger partial charge on any atom is 0.406 e. The molecule has 1 atom stereocenters. The Balaban J connectivity index is 2.23. The summed E-state index contributed by atoms with van der Waals surface area (Å²) in [5, 5.41) is 10.5. The molecular weight excluding hydrogens is 363 g/mol. The number of hydrogen-bond acceptors (Lipinski definition) is 3. The average Bonchev–Trinajstić information content (AvgIpc) is 2.93. The number of nitrogens with zero attached hydrogens (tertiary/aromatic N) is 1. The summed E-state index contributed by atoms with van der Waals surface area (Å²) in [6.45, 7) is -1.07. The minimum Gasteiger partial charge on any atom is -0.481 e. The van der Waals surface area contributed by atoms with E-state index in [0.717, 1.165) is 16.2 Å². The van der Waals surface area contributed by atoms with Gasteiger partial charge in [0.05, 0.1) is 4.88 Å². The van der Waals surface area contributed by atoms with Crippen molar-refractivity contribution in [2.24, 2.45) is 5.41 Å². The molecule has 110 valence electrons. The Hall–Kier alpha value is -1.09. The summed E-state index contributed by atoms with van der Waals surface area (Å²) in [4.78, 5) is 24.3. The minimum atomic E-state index is -4.89. The number of carboxylic acid groups (broad SMARTS) is 1. The van der Waals surface area contributed by atoms with Crippen LogP contribution in [-0.2, 0) is 4.79 Å². The number of aliphatic carboxylic acids is 1. The summed E-state index contributed by atoms with van der Waals surface area (Å²) < 4.78 is 39.6. The summed E-state index contributed by atoms with van der Waals surface area (Å²) in [5.41, 5.74) is -2.86. The number of likely N-dealkylation sites (tertiary alicyclic amines) is 1. The number of carboxylic acids is 1. The molecule has 2 rings (SSSR count). The summed E-state index contributed by atoms with van der Waals surface area (Å²) in [5.74, 6) is -2.51. The van der Waals surface area contributed by atoms with Gasteiger partial charge >= 0.3 is 12.1 Å². The molecule has 1 aromatic heterocycles. The first-order chi connectivity index (χ1) is 9.17. The van der Waals surface area contributed by atoms with Crippen LogP contribution in [0.2, 0.25) is 0 Å². The number of amides is 1. The van der Waals surface area contributed by atoms with E-state index in [9.17, 15) is 22.8 Å². The SMILES string of the molecule is O=C(c1cc(Br)cs1)N1CCC(C(=O)O)(C(F)(F)F)C1. The van der Waals surface area contributed by atoms with Crippen LogP contribution in [0.4, 0.5) is 13.2 Å². The monoisotopic (exact) mass is 371 g/mol. The molecule has 9 heteroatoms. The predicted molar refractivity (Wildman–Crippen MR) is 68.7 cm³/mol. The Kier molecular flexibility index (Phi) is 3.85. The van der Waals surface area contributed by atoms with Crippen molar-refractivity contribution in [2.75, 3.05) is 13.1 Å². The van der Waals surface area contributed by atoms with Crippen LogP contribution in [0.5, 0.6) is 0 Å². The fourth-order valence-electron chi connectivity index (χ4n) is 2.09. The van der Waals surface area contributed by atoms with E-state index in [1.54, 1.807) is 5.38 Å². The molecule has 1 saturated heterocycles. The molecular formula is C11H9BrF3NO3S. The molecule has 1 unspecified atom stereocenters. The highest BCUT2D eigenvalue weighted by molar-refractivity contribution is 9.10. The van der Waals surface area contributed by atoms with Crippen LogP contribution < -0.4 is 0 Å². The Bertz CT molecular complexity index is 559. The third-order valence-electron chi connectivity index (χ3n) is 3.29. The zero-order valence-electron chi connectivity index (χ0n) is 9.91. The zero-order valence-corrected chi connectivity index (χ0v) is 12.3. The number of alkyl halides is 3. The van der Waals surface area contributed by atoms with Crippen LogP contribution in [0.15, 0.2) is 15.9 Å². The third-order valence-corrected chi connectivity index (χ3v) is 4.97. The van der Waals surface area contributed by atoms with Gasteiger partial charge in [-0.2, -0.15) is 13.2 Å². The molecule has 4 nitrogen and oxygen atoms in total. The average molecular weight is 372 g/mol. The van der Waals surface area contributed by atoms with E-state index in [4.69, 9.17) is 5.11 Å². The second kappa shape index (κ2) is 5.03. The summed E-state index contributed by atoms with van der Waals surface area (Å²) in [6.07, 6.45) is -5.51. The summed E-state index contributed by atoms with van der Waals surface area (Å²) in [7, 11) is 0. The molecule has 1 N–H and O–H groups in total. The van der Waals surface area contributed by atoms with Crippen molar-refractivity contribution < 1.29 is 27.9 Å². The molecule has 0 spiro atoms. The first-order valence-corrected chi connectivity index (χ1v) is 7.18. The highest BCUT2D eigenvalue weighted by atomic mass is 79.9. The van der Waals surface area contributed by atoms with Gasteiger partial charge in [0.1, 0.15) is 0 Å². The van der Waals surface area contributed by atoms with E-state index < -0.39 is 36.4 Å². The maximum absolute atomic E-state index is 13.0. The van der Waals surface area contributed by atoms with Gasteiger partial charge in [0.2, 0.25) is 0 Å². The summed E-state index contributed by atoms with van der Waals surface area (Å²) >= 11 is 4.25. The maximum atomic E-state index is 13.0. The Labute approximate surface area is 124 Å². The van der Waals surface area contributed by atoms with Crippen molar-refractivity contribution in [3.8, 4) is 0 Å². The molecule has 1 fully saturated rings. The van der Waals surface area contributed by atoms with Crippen LogP contribution in [0.3, 0.4) is 0 Å². The lowest BCUT2D eigenvalue weighted by Crippen LogP contribution is -2.47. The van der Waals surface area contributed by atoms with Gasteiger partial charge in [0.25, 0.3) is 5.91 Å². The lowest BCUT2D eigenvalue weighted by atomic mass is 9.86.